The third-order valence-corrected chi connectivity index (χ3v) is 10.6. The lowest BCUT2D eigenvalue weighted by atomic mass is 10.0. The fourth-order valence-electron chi connectivity index (χ4n) is 5.73. The summed E-state index contributed by atoms with van der Waals surface area (Å²) in [5.41, 5.74) is 4.90. The molecule has 1 aromatic heterocycles. The van der Waals surface area contributed by atoms with Crippen LogP contribution in [0.4, 0.5) is 17.3 Å². The molecule has 12 heteroatoms. The summed E-state index contributed by atoms with van der Waals surface area (Å²) in [6.45, 7) is 5.85. The van der Waals surface area contributed by atoms with Crippen LogP contribution in [-0.2, 0) is 14.8 Å². The van der Waals surface area contributed by atoms with E-state index >= 15 is 0 Å². The summed E-state index contributed by atoms with van der Waals surface area (Å²) in [5.74, 6) is 2.32. The number of halogens is 1. The minimum Gasteiger partial charge on any atom is -0.494 e. The Morgan fingerprint density at radius 3 is 2.43 bits per heavy atom. The molecule has 0 atom stereocenters. The molecule has 0 amide bonds. The molecule has 4 aliphatic rings. The van der Waals surface area contributed by atoms with Crippen LogP contribution in [0.5, 0.6) is 11.5 Å². The van der Waals surface area contributed by atoms with Gasteiger partial charge in [0.25, 0.3) is 0 Å². The van der Waals surface area contributed by atoms with Gasteiger partial charge in [-0.1, -0.05) is 23.7 Å². The van der Waals surface area contributed by atoms with Crippen molar-refractivity contribution < 1.29 is 22.6 Å². The van der Waals surface area contributed by atoms with Gasteiger partial charge in [-0.3, -0.25) is 4.31 Å². The number of ether oxygens (including phenoxy) is 3. The lowest BCUT2D eigenvalue weighted by Crippen LogP contribution is -2.36. The number of benzene rings is 2. The third-order valence-electron chi connectivity index (χ3n) is 8.59. The monoisotopic (exact) mass is 667 g/mol. The largest absolute Gasteiger partial charge is 0.494 e. The van der Waals surface area contributed by atoms with Gasteiger partial charge in [0.15, 0.2) is 0 Å². The second-order valence-corrected chi connectivity index (χ2v) is 14.6. The highest BCUT2D eigenvalue weighted by Crippen LogP contribution is 2.48. The fourth-order valence-corrected chi connectivity index (χ4v) is 6.59. The Kier molecular flexibility index (Phi) is 10.2. The molecule has 10 nitrogen and oxygen atoms in total. The van der Waals surface area contributed by atoms with Gasteiger partial charge in [-0.15, -0.1) is 0 Å². The molecule has 1 saturated carbocycles. The number of hydrogen-bond donors (Lipinski definition) is 1. The van der Waals surface area contributed by atoms with E-state index in [0.717, 1.165) is 80.1 Å². The molecule has 7 rings (SSSR count). The van der Waals surface area contributed by atoms with E-state index in [4.69, 9.17) is 30.8 Å². The first kappa shape index (κ1) is 32.4. The number of aromatic nitrogens is 2. The van der Waals surface area contributed by atoms with Gasteiger partial charge in [0, 0.05) is 43.7 Å². The van der Waals surface area contributed by atoms with Gasteiger partial charge in [-0.05, 0) is 80.7 Å². The second kappa shape index (κ2) is 14.5. The quantitative estimate of drug-likeness (QED) is 0.323. The Morgan fingerprint density at radius 1 is 1.02 bits per heavy atom. The molecule has 1 aliphatic carbocycles. The summed E-state index contributed by atoms with van der Waals surface area (Å²) >= 11 is 6.74. The number of sulfonamides is 1. The topological polar surface area (TPSA) is 106 Å². The average molecular weight is 668 g/mol. The normalized spacial score (nSPS) is 18.8. The smallest absolute Gasteiger partial charge is 0.234 e. The van der Waals surface area contributed by atoms with E-state index in [0.29, 0.717) is 54.6 Å². The standard InChI is InChI=1S/C34H42ClN5O5S/c1-3-46(41,42)39(2)23-28-25-10-12-26(13-11-25)44-16-6-4-5-7-17-45-32-21-30(37-34-36-22-29(35)33(28)38-34)27(24-8-9-24)20-31(32)40-14-18-43-19-15-40/h10-13,20-24H,3-9,14-19H2,1-2H3,(H,36,37,38)/b28-23+. The third kappa shape index (κ3) is 7.70. The van der Waals surface area contributed by atoms with Gasteiger partial charge >= 0.3 is 0 Å². The van der Waals surface area contributed by atoms with Crippen molar-refractivity contribution in [3.8, 4) is 11.5 Å². The van der Waals surface area contributed by atoms with Crippen molar-refractivity contribution in [2.75, 3.05) is 62.5 Å². The zero-order valence-corrected chi connectivity index (χ0v) is 28.1. The number of nitrogens with one attached hydrogen (secondary N) is 1. The molecule has 2 aromatic carbocycles. The van der Waals surface area contributed by atoms with Crippen molar-refractivity contribution in [1.29, 1.82) is 0 Å². The van der Waals surface area contributed by atoms with E-state index in [9.17, 15) is 8.42 Å². The highest BCUT2D eigenvalue weighted by atomic mass is 35.5. The van der Waals surface area contributed by atoms with E-state index < -0.39 is 10.0 Å². The van der Waals surface area contributed by atoms with Crippen molar-refractivity contribution in [2.24, 2.45) is 0 Å². The van der Waals surface area contributed by atoms with Crippen LogP contribution in [0.3, 0.4) is 0 Å². The summed E-state index contributed by atoms with van der Waals surface area (Å²) in [7, 11) is -2.00. The van der Waals surface area contributed by atoms with Gasteiger partial charge < -0.3 is 24.4 Å². The molecule has 46 heavy (non-hydrogen) atoms. The zero-order valence-electron chi connectivity index (χ0n) is 26.5. The van der Waals surface area contributed by atoms with Gasteiger partial charge in [0.05, 0.1) is 54.8 Å². The van der Waals surface area contributed by atoms with Crippen LogP contribution in [0, 0.1) is 0 Å². The molecule has 6 bridgehead atoms. The maximum Gasteiger partial charge on any atom is 0.234 e. The first-order chi connectivity index (χ1) is 22.3. The van der Waals surface area contributed by atoms with Crippen molar-refractivity contribution in [3.05, 3.63) is 70.6 Å². The number of anilines is 3. The molecular formula is C34H42ClN5O5S. The van der Waals surface area contributed by atoms with E-state index in [1.54, 1.807) is 19.3 Å². The van der Waals surface area contributed by atoms with Crippen LogP contribution < -0.4 is 19.7 Å². The molecule has 3 aliphatic heterocycles. The Labute approximate surface area is 276 Å². The maximum absolute atomic E-state index is 12.8. The van der Waals surface area contributed by atoms with Crippen LogP contribution in [0.2, 0.25) is 5.02 Å². The fraction of sp³-hybridized carbons (Fsp3) is 0.471. The van der Waals surface area contributed by atoms with Crippen LogP contribution in [0.1, 0.15) is 68.2 Å². The van der Waals surface area contributed by atoms with Gasteiger partial charge in [0.1, 0.15) is 11.5 Å². The number of hydrogen-bond acceptors (Lipinski definition) is 9. The molecule has 246 valence electrons. The Hall–Kier alpha value is -3.54. The number of fused-ring (bicyclic) bond motifs is 9. The lowest BCUT2D eigenvalue weighted by Gasteiger charge is -2.31. The number of morpholine rings is 1. The van der Waals surface area contributed by atoms with Crippen LogP contribution in [0.15, 0.2) is 48.8 Å². The maximum atomic E-state index is 12.8. The van der Waals surface area contributed by atoms with Gasteiger partial charge in [-0.2, -0.15) is 0 Å². The van der Waals surface area contributed by atoms with Gasteiger partial charge in [-0.25, -0.2) is 18.4 Å². The van der Waals surface area contributed by atoms with Gasteiger partial charge in [0.2, 0.25) is 16.0 Å². The molecule has 3 aromatic rings. The minimum absolute atomic E-state index is 0.0425. The van der Waals surface area contributed by atoms with Crippen molar-refractivity contribution in [3.63, 3.8) is 0 Å². The molecule has 0 radical (unpaired) electrons. The molecular weight excluding hydrogens is 626 g/mol. The predicted octanol–water partition coefficient (Wildman–Crippen LogP) is 6.59. The number of nitrogens with zero attached hydrogens (tertiary/aromatic N) is 4. The Balaban J connectivity index is 1.44. The van der Waals surface area contributed by atoms with Crippen LogP contribution >= 0.6 is 11.6 Å². The van der Waals surface area contributed by atoms with E-state index in [1.807, 2.05) is 24.3 Å². The molecule has 1 N–H and O–H groups in total. The van der Waals surface area contributed by atoms with Crippen molar-refractivity contribution in [1.82, 2.24) is 14.3 Å². The average Bonchev–Trinajstić information content (AvgIpc) is 3.92. The van der Waals surface area contributed by atoms with Crippen molar-refractivity contribution in [2.45, 2.75) is 51.4 Å². The van der Waals surface area contributed by atoms with E-state index in [1.165, 1.54) is 16.9 Å². The van der Waals surface area contributed by atoms with E-state index in [-0.39, 0.29) is 5.75 Å². The minimum atomic E-state index is -3.53. The Bertz CT molecular complexity index is 1660. The molecule has 0 spiro atoms. The highest BCUT2D eigenvalue weighted by Gasteiger charge is 2.30. The second-order valence-electron chi connectivity index (χ2n) is 11.9. The number of rotatable bonds is 5. The zero-order chi connectivity index (χ0) is 32.1. The molecule has 0 unspecified atom stereocenters. The summed E-state index contributed by atoms with van der Waals surface area (Å²) in [6, 6.07) is 11.9. The van der Waals surface area contributed by atoms with Crippen LogP contribution in [-0.4, -0.2) is 75.0 Å². The van der Waals surface area contributed by atoms with Crippen molar-refractivity contribution >= 4 is 44.5 Å². The van der Waals surface area contributed by atoms with Crippen LogP contribution in [0.25, 0.3) is 5.57 Å². The Morgan fingerprint density at radius 2 is 1.74 bits per heavy atom. The molecule has 4 heterocycles. The first-order valence-corrected chi connectivity index (χ1v) is 18.1. The summed E-state index contributed by atoms with van der Waals surface area (Å²) in [6.07, 6.45) is 9.33. The molecule has 2 fully saturated rings. The predicted molar refractivity (Wildman–Crippen MR) is 182 cm³/mol. The summed E-state index contributed by atoms with van der Waals surface area (Å²) in [5, 5.41) is 3.78. The first-order valence-electron chi connectivity index (χ1n) is 16.2. The lowest BCUT2D eigenvalue weighted by molar-refractivity contribution is 0.122. The summed E-state index contributed by atoms with van der Waals surface area (Å²) in [4.78, 5) is 11.8. The highest BCUT2D eigenvalue weighted by molar-refractivity contribution is 7.89. The molecule has 1 saturated heterocycles. The van der Waals surface area contributed by atoms with E-state index in [2.05, 4.69) is 27.3 Å². The SMILES string of the molecule is CCS(=O)(=O)N(C)/C=C1\c2ccc(cc2)OCCCCCCOc2cc(c(C3CC3)cc2N2CCOCC2)Nc2ncc(Cl)c1n2. The summed E-state index contributed by atoms with van der Waals surface area (Å²) < 4.78 is 44.9.